The smallest absolute Gasteiger partial charge is 0.339 e. The zero-order valence-corrected chi connectivity index (χ0v) is 10.9. The second-order valence-corrected chi connectivity index (χ2v) is 4.83. The number of hydrogen-bond donors (Lipinski definition) is 2. The van der Waals surface area contributed by atoms with E-state index >= 15 is 0 Å². The van der Waals surface area contributed by atoms with Crippen LogP contribution in [0.3, 0.4) is 0 Å². The van der Waals surface area contributed by atoms with Crippen molar-refractivity contribution >= 4 is 11.8 Å². The number of carbonyl (C=O) groups is 1. The fraction of sp³-hybridized carbons (Fsp3) is 0.583. The van der Waals surface area contributed by atoms with Crippen LogP contribution in [0.1, 0.15) is 28.0 Å². The quantitative estimate of drug-likeness (QED) is 0.830. The van der Waals surface area contributed by atoms with Crippen LogP contribution in [-0.2, 0) is 0 Å². The van der Waals surface area contributed by atoms with E-state index in [2.05, 4.69) is 20.4 Å². The number of carboxylic acids is 1. The fourth-order valence-corrected chi connectivity index (χ4v) is 2.22. The molecule has 0 saturated carbocycles. The van der Waals surface area contributed by atoms with E-state index in [-0.39, 0.29) is 11.6 Å². The Balaban J connectivity index is 2.27. The number of likely N-dealkylation sites (tertiary alicyclic amines) is 1. The third kappa shape index (κ3) is 2.43. The molecule has 98 valence electrons. The number of anilines is 1. The Hall–Kier alpha value is -1.69. The minimum Gasteiger partial charge on any atom is -0.478 e. The molecular weight excluding hydrogens is 232 g/mol. The van der Waals surface area contributed by atoms with E-state index in [0.29, 0.717) is 17.1 Å². The molecule has 2 rings (SSSR count). The van der Waals surface area contributed by atoms with Gasteiger partial charge in [-0.3, -0.25) is 0 Å². The van der Waals surface area contributed by atoms with E-state index in [4.69, 9.17) is 0 Å². The van der Waals surface area contributed by atoms with Crippen LogP contribution in [0.5, 0.6) is 0 Å². The third-order valence-corrected chi connectivity index (χ3v) is 3.40. The van der Waals surface area contributed by atoms with Gasteiger partial charge in [-0.05, 0) is 39.4 Å². The van der Waals surface area contributed by atoms with Gasteiger partial charge in [0.15, 0.2) is 5.82 Å². The molecule has 1 aromatic rings. The molecule has 0 radical (unpaired) electrons. The summed E-state index contributed by atoms with van der Waals surface area (Å²) in [5.41, 5.74) is 1.56. The minimum absolute atomic E-state index is 0.233. The van der Waals surface area contributed by atoms with Crippen molar-refractivity contribution in [1.82, 2.24) is 15.1 Å². The molecular formula is C12H18N4O2. The summed E-state index contributed by atoms with van der Waals surface area (Å²) in [5, 5.41) is 20.5. The second-order valence-electron chi connectivity index (χ2n) is 4.83. The number of aryl methyl sites for hydroxylation is 1. The first kappa shape index (κ1) is 12.8. The number of aromatic carboxylic acids is 1. The number of carboxylic acid groups (broad SMARTS) is 1. The summed E-state index contributed by atoms with van der Waals surface area (Å²) >= 11 is 0. The van der Waals surface area contributed by atoms with Crippen molar-refractivity contribution in [1.29, 1.82) is 0 Å². The highest BCUT2D eigenvalue weighted by molar-refractivity contribution is 5.94. The highest BCUT2D eigenvalue weighted by atomic mass is 16.4. The Bertz CT molecular complexity index is 475. The number of hydrogen-bond acceptors (Lipinski definition) is 5. The average molecular weight is 250 g/mol. The van der Waals surface area contributed by atoms with E-state index < -0.39 is 5.97 Å². The number of rotatable bonds is 3. The van der Waals surface area contributed by atoms with Gasteiger partial charge < -0.3 is 15.3 Å². The molecule has 2 N–H and O–H groups in total. The van der Waals surface area contributed by atoms with E-state index in [0.717, 1.165) is 19.5 Å². The van der Waals surface area contributed by atoms with Gasteiger partial charge in [-0.1, -0.05) is 0 Å². The lowest BCUT2D eigenvalue weighted by molar-refractivity contribution is 0.0696. The Labute approximate surface area is 106 Å². The molecule has 0 aromatic carbocycles. The normalized spacial score (nSPS) is 20.1. The third-order valence-electron chi connectivity index (χ3n) is 3.40. The predicted octanol–water partition coefficient (Wildman–Crippen LogP) is 0.908. The zero-order chi connectivity index (χ0) is 13.3. The second kappa shape index (κ2) is 4.89. The SMILES string of the molecule is Cc1nnc(NC2CCN(C)C2)c(C(=O)O)c1C. The molecule has 1 aliphatic rings. The first-order valence-corrected chi connectivity index (χ1v) is 6.01. The summed E-state index contributed by atoms with van der Waals surface area (Å²) in [5.74, 6) is -0.578. The van der Waals surface area contributed by atoms with Gasteiger partial charge in [0.25, 0.3) is 0 Å². The van der Waals surface area contributed by atoms with Crippen LogP contribution in [-0.4, -0.2) is 52.4 Å². The van der Waals surface area contributed by atoms with Gasteiger partial charge in [0.05, 0.1) is 5.69 Å². The fourth-order valence-electron chi connectivity index (χ4n) is 2.22. The van der Waals surface area contributed by atoms with Crippen molar-refractivity contribution < 1.29 is 9.90 Å². The molecule has 1 saturated heterocycles. The number of nitrogens with one attached hydrogen (secondary N) is 1. The van der Waals surface area contributed by atoms with Gasteiger partial charge in [0, 0.05) is 12.6 Å². The summed E-state index contributed by atoms with van der Waals surface area (Å²) in [6.45, 7) is 5.44. The van der Waals surface area contributed by atoms with E-state index in [1.807, 2.05) is 7.05 Å². The molecule has 6 heteroatoms. The van der Waals surface area contributed by atoms with E-state index in [1.165, 1.54) is 0 Å². The summed E-state index contributed by atoms with van der Waals surface area (Å²) in [7, 11) is 2.05. The van der Waals surface area contributed by atoms with Crippen molar-refractivity contribution in [3.05, 3.63) is 16.8 Å². The van der Waals surface area contributed by atoms with Crippen molar-refractivity contribution in [3.8, 4) is 0 Å². The lowest BCUT2D eigenvalue weighted by Crippen LogP contribution is -2.26. The first-order valence-electron chi connectivity index (χ1n) is 6.01. The Morgan fingerprint density at radius 2 is 2.17 bits per heavy atom. The van der Waals surface area contributed by atoms with Crippen LogP contribution in [0.15, 0.2) is 0 Å². The molecule has 1 aliphatic heterocycles. The maximum atomic E-state index is 11.3. The first-order chi connectivity index (χ1) is 8.49. The summed E-state index contributed by atoms with van der Waals surface area (Å²) in [6, 6.07) is 0.240. The van der Waals surface area contributed by atoms with Gasteiger partial charge in [-0.25, -0.2) is 4.79 Å². The molecule has 6 nitrogen and oxygen atoms in total. The molecule has 0 spiro atoms. The molecule has 0 bridgehead atoms. The van der Waals surface area contributed by atoms with E-state index in [9.17, 15) is 9.90 Å². The molecule has 1 atom stereocenters. The van der Waals surface area contributed by atoms with Gasteiger partial charge >= 0.3 is 5.97 Å². The van der Waals surface area contributed by atoms with Gasteiger partial charge in [0.1, 0.15) is 5.56 Å². The Morgan fingerprint density at radius 3 is 2.72 bits per heavy atom. The van der Waals surface area contributed by atoms with Gasteiger partial charge in [0.2, 0.25) is 0 Å². The van der Waals surface area contributed by atoms with Crippen LogP contribution in [0.2, 0.25) is 0 Å². The van der Waals surface area contributed by atoms with Crippen molar-refractivity contribution in [2.75, 3.05) is 25.5 Å². The monoisotopic (exact) mass is 250 g/mol. The van der Waals surface area contributed by atoms with Gasteiger partial charge in [-0.15, -0.1) is 5.10 Å². The van der Waals surface area contributed by atoms with Crippen LogP contribution in [0.4, 0.5) is 5.82 Å². The van der Waals surface area contributed by atoms with Crippen LogP contribution in [0, 0.1) is 13.8 Å². The molecule has 1 fully saturated rings. The molecule has 2 heterocycles. The van der Waals surface area contributed by atoms with Crippen molar-refractivity contribution in [2.24, 2.45) is 0 Å². The zero-order valence-electron chi connectivity index (χ0n) is 10.9. The average Bonchev–Trinajstić information content (AvgIpc) is 2.69. The maximum absolute atomic E-state index is 11.3. The topological polar surface area (TPSA) is 78.4 Å². The lowest BCUT2D eigenvalue weighted by atomic mass is 10.1. The number of likely N-dealkylation sites (N-methyl/N-ethyl adjacent to an activating group) is 1. The number of aromatic nitrogens is 2. The van der Waals surface area contributed by atoms with Gasteiger partial charge in [-0.2, -0.15) is 5.10 Å². The largest absolute Gasteiger partial charge is 0.478 e. The van der Waals surface area contributed by atoms with Crippen LogP contribution >= 0.6 is 0 Å². The highest BCUT2D eigenvalue weighted by Crippen LogP contribution is 2.21. The summed E-state index contributed by atoms with van der Waals surface area (Å²) < 4.78 is 0. The maximum Gasteiger partial charge on any atom is 0.339 e. The number of nitrogens with zero attached hydrogens (tertiary/aromatic N) is 3. The molecule has 1 unspecified atom stereocenters. The summed E-state index contributed by atoms with van der Waals surface area (Å²) in [6.07, 6.45) is 0.990. The Kier molecular flexibility index (Phi) is 3.47. The molecule has 0 aliphatic carbocycles. The standard InChI is InChI=1S/C12H18N4O2/c1-7-8(2)14-15-11(10(7)12(17)18)13-9-4-5-16(3)6-9/h9H,4-6H2,1-3H3,(H,13,15)(H,17,18). The van der Waals surface area contributed by atoms with Crippen molar-refractivity contribution in [2.45, 2.75) is 26.3 Å². The molecule has 0 amide bonds. The summed E-state index contributed by atoms with van der Waals surface area (Å²) in [4.78, 5) is 13.5. The predicted molar refractivity (Wildman–Crippen MR) is 68.0 cm³/mol. The van der Waals surface area contributed by atoms with E-state index in [1.54, 1.807) is 13.8 Å². The van der Waals surface area contributed by atoms with Crippen LogP contribution < -0.4 is 5.32 Å². The molecule has 18 heavy (non-hydrogen) atoms. The lowest BCUT2D eigenvalue weighted by Gasteiger charge is -2.16. The molecule has 1 aromatic heterocycles. The highest BCUT2D eigenvalue weighted by Gasteiger charge is 2.23. The van der Waals surface area contributed by atoms with Crippen LogP contribution in [0.25, 0.3) is 0 Å². The Morgan fingerprint density at radius 1 is 1.44 bits per heavy atom. The van der Waals surface area contributed by atoms with Crippen molar-refractivity contribution in [3.63, 3.8) is 0 Å². The minimum atomic E-state index is -0.959.